The predicted molar refractivity (Wildman–Crippen MR) is 75.2 cm³/mol. The Morgan fingerprint density at radius 2 is 1.94 bits per heavy atom. The van der Waals surface area contributed by atoms with E-state index in [2.05, 4.69) is 37.9 Å². The molecule has 0 radical (unpaired) electrons. The molecule has 0 bridgehead atoms. The van der Waals surface area contributed by atoms with Crippen molar-refractivity contribution in [2.45, 2.75) is 6.61 Å². The van der Waals surface area contributed by atoms with Gasteiger partial charge in [0.1, 0.15) is 0 Å². The van der Waals surface area contributed by atoms with Crippen molar-refractivity contribution in [2.75, 3.05) is 12.4 Å². The SMILES string of the molecule is COCc1ccccc1Nc1ncc(I)cn1. The summed E-state index contributed by atoms with van der Waals surface area (Å²) in [6.45, 7) is 0.563. The molecule has 0 aliphatic heterocycles. The molecule has 0 fully saturated rings. The standard InChI is InChI=1S/C12H12IN3O/c1-17-8-9-4-2-3-5-11(9)16-12-14-6-10(13)7-15-12/h2-7H,8H2,1H3,(H,14,15,16). The highest BCUT2D eigenvalue weighted by Crippen LogP contribution is 2.19. The lowest BCUT2D eigenvalue weighted by molar-refractivity contribution is 0.185. The first-order valence-electron chi connectivity index (χ1n) is 5.11. The van der Waals surface area contributed by atoms with Gasteiger partial charge in [-0.15, -0.1) is 0 Å². The summed E-state index contributed by atoms with van der Waals surface area (Å²) in [6, 6.07) is 7.94. The number of nitrogens with zero attached hydrogens (tertiary/aromatic N) is 2. The zero-order valence-corrected chi connectivity index (χ0v) is 11.5. The molecule has 1 N–H and O–H groups in total. The molecule has 88 valence electrons. The quantitative estimate of drug-likeness (QED) is 0.869. The summed E-state index contributed by atoms with van der Waals surface area (Å²) in [6.07, 6.45) is 3.55. The number of anilines is 2. The minimum atomic E-state index is 0.563. The molecule has 1 aromatic carbocycles. The van der Waals surface area contributed by atoms with E-state index in [4.69, 9.17) is 4.74 Å². The second-order valence-electron chi connectivity index (χ2n) is 3.44. The van der Waals surface area contributed by atoms with Crippen molar-refractivity contribution in [3.8, 4) is 0 Å². The van der Waals surface area contributed by atoms with Crippen LogP contribution in [0.1, 0.15) is 5.56 Å². The van der Waals surface area contributed by atoms with Gasteiger partial charge in [0.25, 0.3) is 0 Å². The first-order chi connectivity index (χ1) is 8.29. The van der Waals surface area contributed by atoms with Crippen molar-refractivity contribution in [3.05, 3.63) is 45.8 Å². The molecule has 1 heterocycles. The van der Waals surface area contributed by atoms with Crippen LogP contribution in [0.15, 0.2) is 36.7 Å². The Morgan fingerprint density at radius 3 is 2.65 bits per heavy atom. The van der Waals surface area contributed by atoms with Gasteiger partial charge in [-0.05, 0) is 28.7 Å². The van der Waals surface area contributed by atoms with Crippen molar-refractivity contribution in [1.29, 1.82) is 0 Å². The van der Waals surface area contributed by atoms with E-state index in [1.807, 2.05) is 24.3 Å². The fraction of sp³-hybridized carbons (Fsp3) is 0.167. The summed E-state index contributed by atoms with van der Waals surface area (Å²) < 4.78 is 6.16. The Balaban J connectivity index is 2.20. The van der Waals surface area contributed by atoms with Gasteiger partial charge in [-0.3, -0.25) is 0 Å². The molecule has 0 aliphatic rings. The van der Waals surface area contributed by atoms with Crippen molar-refractivity contribution >= 4 is 34.2 Å². The van der Waals surface area contributed by atoms with E-state index in [1.165, 1.54) is 0 Å². The molecule has 17 heavy (non-hydrogen) atoms. The normalized spacial score (nSPS) is 10.2. The van der Waals surface area contributed by atoms with Crippen LogP contribution in [0.2, 0.25) is 0 Å². The summed E-state index contributed by atoms with van der Waals surface area (Å²) in [7, 11) is 1.68. The van der Waals surface area contributed by atoms with Crippen LogP contribution >= 0.6 is 22.6 Å². The Kier molecular flexibility index (Phi) is 4.27. The number of aromatic nitrogens is 2. The first-order valence-corrected chi connectivity index (χ1v) is 6.19. The summed E-state index contributed by atoms with van der Waals surface area (Å²) in [5, 5.41) is 3.18. The molecule has 0 unspecified atom stereocenters. The van der Waals surface area contributed by atoms with Gasteiger partial charge in [0.05, 0.1) is 6.61 Å². The van der Waals surface area contributed by atoms with Crippen molar-refractivity contribution < 1.29 is 4.74 Å². The largest absolute Gasteiger partial charge is 0.380 e. The molecule has 0 amide bonds. The molecule has 1 aromatic heterocycles. The second kappa shape index (κ2) is 5.92. The maximum absolute atomic E-state index is 5.14. The van der Waals surface area contributed by atoms with Crippen molar-refractivity contribution in [3.63, 3.8) is 0 Å². The molecule has 2 rings (SSSR count). The minimum absolute atomic E-state index is 0.563. The van der Waals surface area contributed by atoms with E-state index >= 15 is 0 Å². The van der Waals surface area contributed by atoms with Gasteiger partial charge in [0.2, 0.25) is 5.95 Å². The molecule has 0 saturated heterocycles. The third kappa shape index (κ3) is 3.37. The predicted octanol–water partition coefficient (Wildman–Crippen LogP) is 2.97. The van der Waals surface area contributed by atoms with Gasteiger partial charge in [0.15, 0.2) is 0 Å². The van der Waals surface area contributed by atoms with Crippen LogP contribution < -0.4 is 5.32 Å². The average Bonchev–Trinajstić information content (AvgIpc) is 2.35. The van der Waals surface area contributed by atoms with Crippen molar-refractivity contribution in [2.24, 2.45) is 0 Å². The number of methoxy groups -OCH3 is 1. The molecule has 0 saturated carbocycles. The first kappa shape index (κ1) is 12.3. The lowest BCUT2D eigenvalue weighted by Crippen LogP contribution is -2.00. The van der Waals surface area contributed by atoms with Gasteiger partial charge < -0.3 is 10.1 Å². The van der Waals surface area contributed by atoms with Crippen LogP contribution in [-0.2, 0) is 11.3 Å². The van der Waals surface area contributed by atoms with Crippen LogP contribution in [0, 0.1) is 3.57 Å². The number of benzene rings is 1. The molecule has 0 aliphatic carbocycles. The van der Waals surface area contributed by atoms with E-state index in [9.17, 15) is 0 Å². The smallest absolute Gasteiger partial charge is 0.227 e. The van der Waals surface area contributed by atoms with Gasteiger partial charge in [-0.1, -0.05) is 18.2 Å². The maximum Gasteiger partial charge on any atom is 0.227 e. The van der Waals surface area contributed by atoms with Gasteiger partial charge in [-0.2, -0.15) is 0 Å². The molecule has 0 spiro atoms. The fourth-order valence-electron chi connectivity index (χ4n) is 1.42. The lowest BCUT2D eigenvalue weighted by atomic mass is 10.2. The highest BCUT2D eigenvalue weighted by molar-refractivity contribution is 14.1. The fourth-order valence-corrected chi connectivity index (χ4v) is 1.70. The average molecular weight is 341 g/mol. The lowest BCUT2D eigenvalue weighted by Gasteiger charge is -2.09. The molecule has 5 heteroatoms. The van der Waals surface area contributed by atoms with Gasteiger partial charge in [-0.25, -0.2) is 9.97 Å². The molecule has 2 aromatic rings. The number of nitrogens with one attached hydrogen (secondary N) is 1. The zero-order valence-electron chi connectivity index (χ0n) is 9.35. The van der Waals surface area contributed by atoms with Crippen molar-refractivity contribution in [1.82, 2.24) is 9.97 Å². The Labute approximate surface area is 114 Å². The van der Waals surface area contributed by atoms with E-state index in [-0.39, 0.29) is 0 Å². The van der Waals surface area contributed by atoms with Crippen LogP contribution in [-0.4, -0.2) is 17.1 Å². The highest BCUT2D eigenvalue weighted by Gasteiger charge is 2.03. The van der Waals surface area contributed by atoms with Gasteiger partial charge >= 0.3 is 0 Å². The summed E-state index contributed by atoms with van der Waals surface area (Å²) in [5.74, 6) is 0.592. The number of para-hydroxylation sites is 1. The molecule has 0 atom stereocenters. The number of hydrogen-bond donors (Lipinski definition) is 1. The van der Waals surface area contributed by atoms with Crippen LogP contribution in [0.3, 0.4) is 0 Å². The highest BCUT2D eigenvalue weighted by atomic mass is 127. The van der Waals surface area contributed by atoms with Gasteiger partial charge in [0, 0.05) is 34.3 Å². The molecule has 4 nitrogen and oxygen atoms in total. The van der Waals surface area contributed by atoms with E-state index in [0.29, 0.717) is 12.6 Å². The third-order valence-corrected chi connectivity index (χ3v) is 2.74. The number of hydrogen-bond acceptors (Lipinski definition) is 4. The van der Waals surface area contributed by atoms with E-state index in [0.717, 1.165) is 14.8 Å². The Bertz CT molecular complexity index is 487. The Hall–Kier alpha value is -1.21. The Morgan fingerprint density at radius 1 is 1.24 bits per heavy atom. The maximum atomic E-state index is 5.14. The zero-order chi connectivity index (χ0) is 12.1. The number of rotatable bonds is 4. The topological polar surface area (TPSA) is 47.0 Å². The summed E-state index contributed by atoms with van der Waals surface area (Å²) in [4.78, 5) is 8.41. The summed E-state index contributed by atoms with van der Waals surface area (Å²) in [5.41, 5.74) is 2.05. The minimum Gasteiger partial charge on any atom is -0.380 e. The van der Waals surface area contributed by atoms with E-state index < -0.39 is 0 Å². The third-order valence-electron chi connectivity index (χ3n) is 2.18. The monoisotopic (exact) mass is 341 g/mol. The van der Waals surface area contributed by atoms with Crippen LogP contribution in [0.5, 0.6) is 0 Å². The second-order valence-corrected chi connectivity index (χ2v) is 4.69. The summed E-state index contributed by atoms with van der Waals surface area (Å²) >= 11 is 2.17. The molecular formula is C12H12IN3O. The molecular weight excluding hydrogens is 329 g/mol. The number of ether oxygens (including phenoxy) is 1. The number of halogens is 1. The van der Waals surface area contributed by atoms with Crippen LogP contribution in [0.25, 0.3) is 0 Å². The van der Waals surface area contributed by atoms with Crippen LogP contribution in [0.4, 0.5) is 11.6 Å². The van der Waals surface area contributed by atoms with E-state index in [1.54, 1.807) is 19.5 Å².